The van der Waals surface area contributed by atoms with Crippen molar-refractivity contribution in [3.63, 3.8) is 0 Å². The number of halogens is 1. The van der Waals surface area contributed by atoms with E-state index in [9.17, 15) is 9.59 Å². The summed E-state index contributed by atoms with van der Waals surface area (Å²) in [4.78, 5) is 24.5. The van der Waals surface area contributed by atoms with Crippen LogP contribution in [-0.2, 0) is 4.79 Å². The fraction of sp³-hybridized carbons (Fsp3) is 0.333. The zero-order chi connectivity index (χ0) is 15.9. The summed E-state index contributed by atoms with van der Waals surface area (Å²) in [6.07, 6.45) is 0. The Morgan fingerprint density at radius 1 is 1.36 bits per heavy atom. The fourth-order valence-electron chi connectivity index (χ4n) is 2.56. The Balaban J connectivity index is 2.19. The Kier molecular flexibility index (Phi) is 4.18. The van der Waals surface area contributed by atoms with Crippen molar-refractivity contribution in [2.24, 2.45) is 0 Å². The average molecular weight is 382 g/mol. The third kappa shape index (κ3) is 2.75. The van der Waals surface area contributed by atoms with Gasteiger partial charge in [-0.15, -0.1) is 11.8 Å². The van der Waals surface area contributed by atoms with Gasteiger partial charge in [0.2, 0.25) is 5.91 Å². The highest BCUT2D eigenvalue weighted by atomic mass is 79.9. The molecule has 2 N–H and O–H groups in total. The van der Waals surface area contributed by atoms with E-state index in [2.05, 4.69) is 26.3 Å². The standard InChI is InChI=1S/C15H16BrN3O2S/c1-8(2)19-14-12(15(21)18-19)13(22-7-11(20)17-14)9-4-3-5-10(16)6-9/h3-6,8,13H,7H2,1-2H3,(H,17,20)(H,18,21)/t13-/m0/s1. The van der Waals surface area contributed by atoms with Crippen LogP contribution >= 0.6 is 27.7 Å². The van der Waals surface area contributed by atoms with Crippen molar-refractivity contribution in [1.29, 1.82) is 0 Å². The first-order valence-electron chi connectivity index (χ1n) is 6.98. The third-order valence-electron chi connectivity index (χ3n) is 3.53. The number of hydrogen-bond donors (Lipinski definition) is 2. The molecule has 2 aromatic rings. The number of hydrogen-bond acceptors (Lipinski definition) is 3. The van der Waals surface area contributed by atoms with Gasteiger partial charge in [-0.1, -0.05) is 28.1 Å². The Hall–Kier alpha value is -1.47. The van der Waals surface area contributed by atoms with Crippen LogP contribution in [0.1, 0.15) is 36.3 Å². The third-order valence-corrected chi connectivity index (χ3v) is 5.29. The summed E-state index contributed by atoms with van der Waals surface area (Å²) in [5.41, 5.74) is 1.47. The van der Waals surface area contributed by atoms with Crippen molar-refractivity contribution < 1.29 is 4.79 Å². The van der Waals surface area contributed by atoms with Gasteiger partial charge in [0.25, 0.3) is 5.56 Å². The van der Waals surface area contributed by atoms with E-state index in [-0.39, 0.29) is 22.8 Å². The molecule has 1 aromatic carbocycles. The molecule has 0 bridgehead atoms. The number of carbonyl (C=O) groups is 1. The lowest BCUT2D eigenvalue weighted by Crippen LogP contribution is -2.17. The van der Waals surface area contributed by atoms with Crippen molar-refractivity contribution >= 4 is 39.4 Å². The van der Waals surface area contributed by atoms with Crippen LogP contribution in [0.3, 0.4) is 0 Å². The summed E-state index contributed by atoms with van der Waals surface area (Å²) < 4.78 is 2.68. The minimum Gasteiger partial charge on any atom is -0.310 e. The minimum absolute atomic E-state index is 0.0583. The van der Waals surface area contributed by atoms with Crippen LogP contribution in [0.25, 0.3) is 0 Å². The molecule has 7 heteroatoms. The summed E-state index contributed by atoms with van der Waals surface area (Å²) >= 11 is 4.93. The summed E-state index contributed by atoms with van der Waals surface area (Å²) in [5.74, 6) is 0.820. The topological polar surface area (TPSA) is 66.9 Å². The van der Waals surface area contributed by atoms with Gasteiger partial charge in [0, 0.05) is 10.5 Å². The lowest BCUT2D eigenvalue weighted by Gasteiger charge is -2.15. The van der Waals surface area contributed by atoms with Gasteiger partial charge in [0.05, 0.1) is 16.6 Å². The molecular weight excluding hydrogens is 366 g/mol. The normalized spacial score (nSPS) is 18.0. The molecule has 1 aliphatic rings. The average Bonchev–Trinajstić information content (AvgIpc) is 2.67. The van der Waals surface area contributed by atoms with E-state index in [4.69, 9.17) is 0 Å². The Morgan fingerprint density at radius 3 is 2.82 bits per heavy atom. The van der Waals surface area contributed by atoms with Gasteiger partial charge in [-0.2, -0.15) is 0 Å². The first-order chi connectivity index (χ1) is 10.5. The summed E-state index contributed by atoms with van der Waals surface area (Å²) in [5, 5.41) is 5.54. The Bertz CT molecular complexity index is 781. The second-order valence-corrected chi connectivity index (χ2v) is 7.47. The number of rotatable bonds is 2. The number of H-pyrrole nitrogens is 1. The molecule has 1 amide bonds. The maximum Gasteiger partial charge on any atom is 0.270 e. The number of thioether (sulfide) groups is 1. The fourth-order valence-corrected chi connectivity index (χ4v) is 4.10. The van der Waals surface area contributed by atoms with Gasteiger partial charge < -0.3 is 5.32 Å². The van der Waals surface area contributed by atoms with E-state index < -0.39 is 0 Å². The minimum atomic E-state index is -0.171. The van der Waals surface area contributed by atoms with E-state index in [1.54, 1.807) is 4.68 Å². The van der Waals surface area contributed by atoms with Crippen molar-refractivity contribution in [2.45, 2.75) is 25.1 Å². The van der Waals surface area contributed by atoms with E-state index in [0.29, 0.717) is 17.1 Å². The van der Waals surface area contributed by atoms with E-state index in [0.717, 1.165) is 10.0 Å². The smallest absolute Gasteiger partial charge is 0.270 e. The lowest BCUT2D eigenvalue weighted by molar-refractivity contribution is -0.113. The maximum atomic E-state index is 12.5. The molecule has 3 rings (SSSR count). The molecule has 22 heavy (non-hydrogen) atoms. The lowest BCUT2D eigenvalue weighted by atomic mass is 10.1. The number of aromatic nitrogens is 2. The molecule has 1 atom stereocenters. The SMILES string of the molecule is CC(C)n1[nH]c(=O)c2c1NC(=O)CS[C@H]2c1cccc(Br)c1. The summed E-state index contributed by atoms with van der Waals surface area (Å²) in [7, 11) is 0. The molecule has 0 saturated heterocycles. The number of anilines is 1. The van der Waals surface area contributed by atoms with Crippen LogP contribution in [-0.4, -0.2) is 21.4 Å². The van der Waals surface area contributed by atoms with Crippen LogP contribution in [0.5, 0.6) is 0 Å². The quantitative estimate of drug-likeness (QED) is 0.838. The van der Waals surface area contributed by atoms with Crippen LogP contribution in [0.4, 0.5) is 5.82 Å². The number of nitrogens with one attached hydrogen (secondary N) is 2. The molecule has 1 aliphatic heterocycles. The second kappa shape index (κ2) is 5.96. The Morgan fingerprint density at radius 2 is 2.14 bits per heavy atom. The van der Waals surface area contributed by atoms with Crippen LogP contribution in [0.15, 0.2) is 33.5 Å². The van der Waals surface area contributed by atoms with Crippen molar-refractivity contribution in [3.8, 4) is 0 Å². The van der Waals surface area contributed by atoms with E-state index in [1.165, 1.54) is 11.8 Å². The highest BCUT2D eigenvalue weighted by Gasteiger charge is 2.30. The van der Waals surface area contributed by atoms with Crippen LogP contribution in [0.2, 0.25) is 0 Å². The molecule has 0 saturated carbocycles. The van der Waals surface area contributed by atoms with Gasteiger partial charge in [0.1, 0.15) is 5.82 Å². The van der Waals surface area contributed by atoms with E-state index in [1.807, 2.05) is 38.1 Å². The molecule has 0 spiro atoms. The van der Waals surface area contributed by atoms with Gasteiger partial charge in [-0.3, -0.25) is 19.4 Å². The predicted octanol–water partition coefficient (Wildman–Crippen LogP) is 3.29. The Labute approximate surface area is 140 Å². The number of carbonyl (C=O) groups excluding carboxylic acids is 1. The first kappa shape index (κ1) is 15.4. The number of nitrogens with zero attached hydrogens (tertiary/aromatic N) is 1. The van der Waals surface area contributed by atoms with Crippen molar-refractivity contribution in [1.82, 2.24) is 9.78 Å². The van der Waals surface area contributed by atoms with Gasteiger partial charge in [-0.05, 0) is 31.5 Å². The number of amides is 1. The molecule has 116 valence electrons. The number of aromatic amines is 1. The first-order valence-corrected chi connectivity index (χ1v) is 8.83. The van der Waals surface area contributed by atoms with Gasteiger partial charge in [0.15, 0.2) is 0 Å². The largest absolute Gasteiger partial charge is 0.310 e. The van der Waals surface area contributed by atoms with Crippen LogP contribution < -0.4 is 10.9 Å². The zero-order valence-corrected chi connectivity index (χ0v) is 14.6. The maximum absolute atomic E-state index is 12.5. The molecule has 1 aromatic heterocycles. The van der Waals surface area contributed by atoms with Crippen LogP contribution in [0, 0.1) is 0 Å². The van der Waals surface area contributed by atoms with Crippen molar-refractivity contribution in [2.75, 3.05) is 11.1 Å². The van der Waals surface area contributed by atoms with E-state index >= 15 is 0 Å². The van der Waals surface area contributed by atoms with Gasteiger partial charge >= 0.3 is 0 Å². The molecule has 0 aliphatic carbocycles. The molecular formula is C15H16BrN3O2S. The second-order valence-electron chi connectivity index (χ2n) is 5.46. The summed E-state index contributed by atoms with van der Waals surface area (Å²) in [6, 6.07) is 7.91. The predicted molar refractivity (Wildman–Crippen MR) is 92.5 cm³/mol. The highest BCUT2D eigenvalue weighted by molar-refractivity contribution is 9.10. The molecule has 0 unspecified atom stereocenters. The zero-order valence-electron chi connectivity index (χ0n) is 12.2. The molecule has 2 heterocycles. The molecule has 0 radical (unpaired) electrons. The number of fused-ring (bicyclic) bond motifs is 1. The molecule has 0 fully saturated rings. The van der Waals surface area contributed by atoms with Crippen molar-refractivity contribution in [3.05, 3.63) is 50.2 Å². The monoisotopic (exact) mass is 381 g/mol. The molecule has 5 nitrogen and oxygen atoms in total. The summed E-state index contributed by atoms with van der Waals surface area (Å²) in [6.45, 7) is 3.93. The highest BCUT2D eigenvalue weighted by Crippen LogP contribution is 2.40. The number of benzene rings is 1. The van der Waals surface area contributed by atoms with Gasteiger partial charge in [-0.25, -0.2) is 0 Å².